The van der Waals surface area contributed by atoms with Gasteiger partial charge in [0.15, 0.2) is 5.11 Å². The molecule has 2 N–H and O–H groups in total. The summed E-state index contributed by atoms with van der Waals surface area (Å²) in [7, 11) is 0. The Morgan fingerprint density at radius 2 is 1.77 bits per heavy atom. The van der Waals surface area contributed by atoms with Crippen molar-refractivity contribution in [2.24, 2.45) is 0 Å². The highest BCUT2D eigenvalue weighted by Gasteiger charge is 2.24. The van der Waals surface area contributed by atoms with Crippen molar-refractivity contribution in [2.45, 2.75) is 12.8 Å². The minimum atomic E-state index is -0.496. The summed E-state index contributed by atoms with van der Waals surface area (Å²) in [5.41, 5.74) is 1.43. The fourth-order valence-electron chi connectivity index (χ4n) is 3.70. The molecule has 0 aliphatic carbocycles. The highest BCUT2D eigenvalue weighted by Crippen LogP contribution is 2.31. The van der Waals surface area contributed by atoms with Crippen molar-refractivity contribution in [3.63, 3.8) is 0 Å². The molecule has 0 aromatic heterocycles. The van der Waals surface area contributed by atoms with E-state index in [4.69, 9.17) is 12.2 Å². The van der Waals surface area contributed by atoms with Gasteiger partial charge in [0.1, 0.15) is 5.69 Å². The van der Waals surface area contributed by atoms with Crippen LogP contribution in [0.25, 0.3) is 10.8 Å². The molecule has 0 unspecified atom stereocenters. The van der Waals surface area contributed by atoms with Gasteiger partial charge in [-0.3, -0.25) is 20.2 Å². The molecule has 1 fully saturated rings. The number of hydrogen-bond acceptors (Lipinski definition) is 5. The number of carbonyl (C=O) groups excluding carboxylic acids is 1. The predicted molar refractivity (Wildman–Crippen MR) is 122 cm³/mol. The topological polar surface area (TPSA) is 87.5 Å². The van der Waals surface area contributed by atoms with E-state index in [0.29, 0.717) is 5.69 Å². The van der Waals surface area contributed by atoms with Crippen LogP contribution in [0, 0.1) is 10.1 Å². The third-order valence-corrected chi connectivity index (χ3v) is 5.35. The molecule has 4 rings (SSSR count). The molecule has 0 atom stereocenters. The number of nitrogens with one attached hydrogen (secondary N) is 2. The Labute approximate surface area is 178 Å². The van der Waals surface area contributed by atoms with Gasteiger partial charge in [-0.25, -0.2) is 0 Å². The van der Waals surface area contributed by atoms with Gasteiger partial charge in [-0.2, -0.15) is 0 Å². The van der Waals surface area contributed by atoms with Crippen molar-refractivity contribution in [3.05, 3.63) is 76.3 Å². The van der Waals surface area contributed by atoms with Gasteiger partial charge in [-0.15, -0.1) is 0 Å². The van der Waals surface area contributed by atoms with E-state index in [9.17, 15) is 14.9 Å². The van der Waals surface area contributed by atoms with Gasteiger partial charge in [0.2, 0.25) is 0 Å². The number of carbonyl (C=O) groups is 1. The number of hydrogen-bond donors (Lipinski definition) is 2. The largest absolute Gasteiger partial charge is 0.366 e. The molecular weight excluding hydrogens is 400 g/mol. The minimum absolute atomic E-state index is 0.0718. The standard InChI is InChI=1S/C22H20N4O3S/c27-21(16-10-11-19(20(14-16)26(28)29)25-12-3-4-13-25)24-22(30)23-18-9-5-7-15-6-1-2-8-17(15)18/h1-2,5-11,14H,3-4,12-13H2,(H2,23,24,27,30). The van der Waals surface area contributed by atoms with E-state index in [0.717, 1.165) is 42.4 Å². The lowest BCUT2D eigenvalue weighted by Gasteiger charge is -2.18. The van der Waals surface area contributed by atoms with Crippen LogP contribution >= 0.6 is 12.2 Å². The van der Waals surface area contributed by atoms with Crippen LogP contribution in [0.3, 0.4) is 0 Å². The average Bonchev–Trinajstić information content (AvgIpc) is 3.28. The Balaban J connectivity index is 1.51. The van der Waals surface area contributed by atoms with Crippen LogP contribution in [0.4, 0.5) is 17.1 Å². The second kappa shape index (κ2) is 8.46. The maximum atomic E-state index is 12.6. The number of anilines is 2. The quantitative estimate of drug-likeness (QED) is 0.368. The van der Waals surface area contributed by atoms with Crippen LogP contribution in [0.1, 0.15) is 23.2 Å². The second-order valence-corrected chi connectivity index (χ2v) is 7.50. The summed E-state index contributed by atoms with van der Waals surface area (Å²) in [6, 6.07) is 18.1. The normalized spacial score (nSPS) is 13.3. The van der Waals surface area contributed by atoms with Gasteiger partial charge < -0.3 is 10.2 Å². The first-order valence-corrected chi connectivity index (χ1v) is 10.1. The van der Waals surface area contributed by atoms with Crippen LogP contribution in [0.2, 0.25) is 0 Å². The molecule has 1 amide bonds. The monoisotopic (exact) mass is 420 g/mol. The fraction of sp³-hybridized carbons (Fsp3) is 0.182. The van der Waals surface area contributed by atoms with Gasteiger partial charge in [-0.1, -0.05) is 36.4 Å². The number of nitrogens with zero attached hydrogens (tertiary/aromatic N) is 2. The van der Waals surface area contributed by atoms with E-state index in [2.05, 4.69) is 10.6 Å². The van der Waals surface area contributed by atoms with Crippen LogP contribution in [-0.2, 0) is 0 Å². The molecule has 152 valence electrons. The molecule has 1 aliphatic rings. The molecule has 1 saturated heterocycles. The summed E-state index contributed by atoms with van der Waals surface area (Å²) < 4.78 is 0. The second-order valence-electron chi connectivity index (χ2n) is 7.09. The van der Waals surface area contributed by atoms with E-state index >= 15 is 0 Å². The highest BCUT2D eigenvalue weighted by atomic mass is 32.1. The number of rotatable bonds is 4. The van der Waals surface area contributed by atoms with Crippen molar-refractivity contribution in [1.82, 2.24) is 5.32 Å². The Bertz CT molecular complexity index is 1140. The van der Waals surface area contributed by atoms with Crippen LogP contribution in [0.5, 0.6) is 0 Å². The van der Waals surface area contributed by atoms with Gasteiger partial charge in [0.05, 0.1) is 4.92 Å². The number of thiocarbonyl (C=S) groups is 1. The predicted octanol–water partition coefficient (Wildman–Crippen LogP) is 4.48. The van der Waals surface area contributed by atoms with E-state index in [1.165, 1.54) is 6.07 Å². The molecule has 7 nitrogen and oxygen atoms in total. The lowest BCUT2D eigenvalue weighted by atomic mass is 10.1. The van der Waals surface area contributed by atoms with E-state index in [-0.39, 0.29) is 16.4 Å². The molecule has 0 bridgehead atoms. The molecule has 3 aromatic rings. The third kappa shape index (κ3) is 4.08. The summed E-state index contributed by atoms with van der Waals surface area (Å²) in [6.07, 6.45) is 2.01. The summed E-state index contributed by atoms with van der Waals surface area (Å²) in [4.78, 5) is 25.7. The zero-order valence-electron chi connectivity index (χ0n) is 16.1. The Hall–Kier alpha value is -3.52. The minimum Gasteiger partial charge on any atom is -0.366 e. The smallest absolute Gasteiger partial charge is 0.293 e. The van der Waals surface area contributed by atoms with E-state index in [1.807, 2.05) is 47.4 Å². The van der Waals surface area contributed by atoms with Crippen molar-refractivity contribution in [3.8, 4) is 0 Å². The van der Waals surface area contributed by atoms with Gasteiger partial charge in [-0.05, 0) is 48.6 Å². The molecule has 0 radical (unpaired) electrons. The molecule has 3 aromatic carbocycles. The lowest BCUT2D eigenvalue weighted by molar-refractivity contribution is -0.384. The van der Waals surface area contributed by atoms with Gasteiger partial charge >= 0.3 is 0 Å². The molecule has 8 heteroatoms. The average molecular weight is 420 g/mol. The van der Waals surface area contributed by atoms with Crippen molar-refractivity contribution in [2.75, 3.05) is 23.3 Å². The zero-order valence-corrected chi connectivity index (χ0v) is 16.9. The Kier molecular flexibility index (Phi) is 5.58. The summed E-state index contributed by atoms with van der Waals surface area (Å²) >= 11 is 5.29. The molecule has 30 heavy (non-hydrogen) atoms. The molecule has 0 spiro atoms. The number of benzene rings is 3. The fourth-order valence-corrected chi connectivity index (χ4v) is 3.90. The molecule has 1 aliphatic heterocycles. The zero-order chi connectivity index (χ0) is 21.1. The number of nitro groups is 1. The summed E-state index contributed by atoms with van der Waals surface area (Å²) in [6.45, 7) is 1.57. The van der Waals surface area contributed by atoms with Crippen molar-refractivity contribution < 1.29 is 9.72 Å². The number of nitro benzene ring substituents is 1. The lowest BCUT2D eigenvalue weighted by Crippen LogP contribution is -2.34. The molecule has 1 heterocycles. The summed E-state index contributed by atoms with van der Waals surface area (Å²) in [5.74, 6) is -0.496. The van der Waals surface area contributed by atoms with E-state index in [1.54, 1.807) is 12.1 Å². The Morgan fingerprint density at radius 1 is 1.03 bits per heavy atom. The third-order valence-electron chi connectivity index (χ3n) is 5.15. The van der Waals surface area contributed by atoms with Gasteiger partial charge in [0, 0.05) is 35.8 Å². The first kappa shape index (κ1) is 19.8. The number of amides is 1. The van der Waals surface area contributed by atoms with Crippen molar-refractivity contribution >= 4 is 51.1 Å². The Morgan fingerprint density at radius 3 is 2.53 bits per heavy atom. The first-order valence-electron chi connectivity index (χ1n) is 9.66. The molecular formula is C22H20N4O3S. The number of fused-ring (bicyclic) bond motifs is 1. The maximum Gasteiger partial charge on any atom is 0.293 e. The van der Waals surface area contributed by atoms with Crippen LogP contribution in [0.15, 0.2) is 60.7 Å². The van der Waals surface area contributed by atoms with Crippen molar-refractivity contribution in [1.29, 1.82) is 0 Å². The maximum absolute atomic E-state index is 12.6. The summed E-state index contributed by atoms with van der Waals surface area (Å²) in [5, 5.41) is 19.3. The van der Waals surface area contributed by atoms with E-state index < -0.39 is 10.8 Å². The highest BCUT2D eigenvalue weighted by molar-refractivity contribution is 7.80. The van der Waals surface area contributed by atoms with Crippen LogP contribution in [-0.4, -0.2) is 29.0 Å². The van der Waals surface area contributed by atoms with Gasteiger partial charge in [0.25, 0.3) is 11.6 Å². The van der Waals surface area contributed by atoms with Crippen LogP contribution < -0.4 is 15.5 Å². The molecule has 0 saturated carbocycles. The first-order chi connectivity index (χ1) is 14.5. The SMILES string of the molecule is O=C(NC(=S)Nc1cccc2ccccc12)c1ccc(N2CCCC2)c([N+](=O)[O-])c1.